The molecule has 0 aliphatic carbocycles. The molecule has 0 spiro atoms. The van der Waals surface area contributed by atoms with Crippen LogP contribution in [0, 0.1) is 5.92 Å². The standard InChI is InChI=1S/C11H13ClNO/c1-9(2)7-13-14-8-10-5-3-4-6-11(10)12/h3-6,9H,8H2,1-2H3. The summed E-state index contributed by atoms with van der Waals surface area (Å²) in [4.78, 5) is 5.04. The molecule has 0 bridgehead atoms. The molecule has 1 aromatic rings. The van der Waals surface area contributed by atoms with Crippen LogP contribution in [0.1, 0.15) is 19.4 Å². The lowest BCUT2D eigenvalue weighted by atomic mass is 10.2. The molecule has 1 aromatic carbocycles. The highest BCUT2D eigenvalue weighted by Gasteiger charge is 1.97. The minimum absolute atomic E-state index is 0.279. The van der Waals surface area contributed by atoms with Crippen molar-refractivity contribution in [3.05, 3.63) is 34.9 Å². The molecular formula is C11H13ClNO. The van der Waals surface area contributed by atoms with Crippen molar-refractivity contribution >= 4 is 17.8 Å². The maximum absolute atomic E-state index is 5.92. The topological polar surface area (TPSA) is 21.6 Å². The largest absolute Gasteiger partial charge is 0.391 e. The molecule has 75 valence electrons. The number of halogens is 1. The Morgan fingerprint density at radius 3 is 2.79 bits per heavy atom. The van der Waals surface area contributed by atoms with Gasteiger partial charge in [0.2, 0.25) is 0 Å². The van der Waals surface area contributed by atoms with Crippen LogP contribution in [0.15, 0.2) is 29.4 Å². The first-order valence-corrected chi connectivity index (χ1v) is 4.89. The van der Waals surface area contributed by atoms with Crippen LogP contribution in [0.4, 0.5) is 0 Å². The molecule has 0 saturated carbocycles. The van der Waals surface area contributed by atoms with E-state index in [0.29, 0.717) is 11.6 Å². The summed E-state index contributed by atoms with van der Waals surface area (Å²) in [5.41, 5.74) is 0.934. The predicted octanol–water partition coefficient (Wildman–Crippen LogP) is 3.38. The third-order valence-corrected chi connectivity index (χ3v) is 1.92. The Balaban J connectivity index is 2.42. The Morgan fingerprint density at radius 2 is 2.14 bits per heavy atom. The number of hydrogen-bond donors (Lipinski definition) is 0. The second-order valence-corrected chi connectivity index (χ2v) is 3.65. The van der Waals surface area contributed by atoms with Crippen LogP contribution in [-0.4, -0.2) is 6.21 Å². The van der Waals surface area contributed by atoms with E-state index in [9.17, 15) is 0 Å². The predicted molar refractivity (Wildman–Crippen MR) is 58.5 cm³/mol. The van der Waals surface area contributed by atoms with Gasteiger partial charge in [0.15, 0.2) is 0 Å². The van der Waals surface area contributed by atoms with E-state index in [-0.39, 0.29) is 5.92 Å². The average molecular weight is 211 g/mol. The van der Waals surface area contributed by atoms with E-state index >= 15 is 0 Å². The first-order valence-electron chi connectivity index (χ1n) is 4.51. The lowest BCUT2D eigenvalue weighted by molar-refractivity contribution is 0.131. The molecular weight excluding hydrogens is 198 g/mol. The Bertz CT molecular complexity index is 310. The van der Waals surface area contributed by atoms with Crippen LogP contribution in [0.2, 0.25) is 5.02 Å². The number of hydrogen-bond acceptors (Lipinski definition) is 2. The monoisotopic (exact) mass is 210 g/mol. The Hall–Kier alpha value is -1.02. The number of benzene rings is 1. The van der Waals surface area contributed by atoms with E-state index in [1.54, 1.807) is 0 Å². The van der Waals surface area contributed by atoms with Crippen molar-refractivity contribution in [1.29, 1.82) is 0 Å². The van der Waals surface area contributed by atoms with Crippen molar-refractivity contribution in [3.63, 3.8) is 0 Å². The van der Waals surface area contributed by atoms with Gasteiger partial charge in [0.05, 0.1) is 0 Å². The molecule has 0 N–H and O–H groups in total. The Kier molecular flexibility index (Phi) is 4.47. The molecule has 0 aromatic heterocycles. The third-order valence-electron chi connectivity index (χ3n) is 1.55. The van der Waals surface area contributed by atoms with Crippen LogP contribution in [0.3, 0.4) is 0 Å². The van der Waals surface area contributed by atoms with Crippen LogP contribution in [-0.2, 0) is 11.4 Å². The van der Waals surface area contributed by atoms with Gasteiger partial charge in [0.25, 0.3) is 0 Å². The second-order valence-electron chi connectivity index (χ2n) is 3.24. The van der Waals surface area contributed by atoms with E-state index < -0.39 is 0 Å². The van der Waals surface area contributed by atoms with Crippen LogP contribution < -0.4 is 0 Å². The van der Waals surface area contributed by atoms with Crippen molar-refractivity contribution in [2.45, 2.75) is 20.5 Å². The van der Waals surface area contributed by atoms with Crippen molar-refractivity contribution in [2.24, 2.45) is 11.1 Å². The van der Waals surface area contributed by atoms with Gasteiger partial charge in [-0.1, -0.05) is 48.8 Å². The summed E-state index contributed by atoms with van der Waals surface area (Å²) in [5, 5.41) is 4.40. The molecule has 0 saturated heterocycles. The van der Waals surface area contributed by atoms with Crippen molar-refractivity contribution in [1.82, 2.24) is 0 Å². The molecule has 0 fully saturated rings. The minimum atomic E-state index is 0.279. The third kappa shape index (κ3) is 3.79. The van der Waals surface area contributed by atoms with E-state index in [1.165, 1.54) is 0 Å². The van der Waals surface area contributed by atoms with Gasteiger partial charge in [-0.25, -0.2) is 0 Å². The van der Waals surface area contributed by atoms with E-state index in [0.717, 1.165) is 5.56 Å². The van der Waals surface area contributed by atoms with Gasteiger partial charge < -0.3 is 4.84 Å². The Morgan fingerprint density at radius 1 is 1.43 bits per heavy atom. The number of nitrogens with zero attached hydrogens (tertiary/aromatic N) is 1. The maximum Gasteiger partial charge on any atom is 0.143 e. The molecule has 0 amide bonds. The zero-order valence-corrected chi connectivity index (χ0v) is 9.08. The summed E-state index contributed by atoms with van der Waals surface area (Å²) < 4.78 is 0. The number of rotatable bonds is 4. The highest BCUT2D eigenvalue weighted by Crippen LogP contribution is 2.15. The van der Waals surface area contributed by atoms with Crippen LogP contribution in [0.5, 0.6) is 0 Å². The van der Waals surface area contributed by atoms with Gasteiger partial charge in [0, 0.05) is 16.5 Å². The molecule has 0 aliphatic heterocycles. The van der Waals surface area contributed by atoms with Crippen LogP contribution in [0.25, 0.3) is 0 Å². The van der Waals surface area contributed by atoms with Gasteiger partial charge in [-0.05, 0) is 6.07 Å². The molecule has 3 heteroatoms. The molecule has 2 nitrogen and oxygen atoms in total. The fraction of sp³-hybridized carbons (Fsp3) is 0.364. The van der Waals surface area contributed by atoms with Crippen molar-refractivity contribution in [3.8, 4) is 0 Å². The summed E-state index contributed by atoms with van der Waals surface area (Å²) in [6, 6.07) is 7.54. The highest BCUT2D eigenvalue weighted by atomic mass is 35.5. The fourth-order valence-corrected chi connectivity index (χ4v) is 1.05. The molecule has 0 unspecified atom stereocenters. The molecule has 0 heterocycles. The maximum atomic E-state index is 5.92. The quantitative estimate of drug-likeness (QED) is 0.552. The SMILES string of the molecule is CC(C)/[C]=N\OCc1ccccc1Cl. The van der Waals surface area contributed by atoms with Crippen molar-refractivity contribution in [2.75, 3.05) is 0 Å². The van der Waals surface area contributed by atoms with E-state index in [2.05, 4.69) is 11.4 Å². The zero-order chi connectivity index (χ0) is 10.4. The molecule has 1 rings (SSSR count). The lowest BCUT2D eigenvalue weighted by Crippen LogP contribution is -1.91. The van der Waals surface area contributed by atoms with Crippen molar-refractivity contribution < 1.29 is 4.84 Å². The first kappa shape index (κ1) is 11.1. The average Bonchev–Trinajstić information content (AvgIpc) is 2.15. The normalized spacial score (nSPS) is 11.1. The van der Waals surface area contributed by atoms with Crippen LogP contribution >= 0.6 is 11.6 Å². The smallest absolute Gasteiger partial charge is 0.143 e. The Labute approximate surface area is 89.5 Å². The van der Waals surface area contributed by atoms with Gasteiger partial charge >= 0.3 is 0 Å². The summed E-state index contributed by atoms with van der Waals surface area (Å²) in [5.74, 6) is 0.279. The summed E-state index contributed by atoms with van der Waals surface area (Å²) in [7, 11) is 0. The minimum Gasteiger partial charge on any atom is -0.391 e. The van der Waals surface area contributed by atoms with Gasteiger partial charge in [-0.2, -0.15) is 0 Å². The first-order chi connectivity index (χ1) is 6.70. The summed E-state index contributed by atoms with van der Waals surface area (Å²) in [6.07, 6.45) is 2.79. The van der Waals surface area contributed by atoms with E-state index in [4.69, 9.17) is 16.4 Å². The lowest BCUT2D eigenvalue weighted by Gasteiger charge is -2.01. The molecule has 1 radical (unpaired) electrons. The molecule has 0 aliphatic rings. The zero-order valence-electron chi connectivity index (χ0n) is 8.33. The van der Waals surface area contributed by atoms with Gasteiger partial charge in [-0.3, -0.25) is 0 Å². The van der Waals surface area contributed by atoms with E-state index in [1.807, 2.05) is 38.1 Å². The highest BCUT2D eigenvalue weighted by molar-refractivity contribution is 6.31. The fourth-order valence-electron chi connectivity index (χ4n) is 0.860. The molecule has 0 atom stereocenters. The summed E-state index contributed by atoms with van der Waals surface area (Å²) >= 11 is 5.92. The summed E-state index contributed by atoms with van der Waals surface area (Å²) in [6.45, 7) is 4.37. The van der Waals surface area contributed by atoms with Gasteiger partial charge in [-0.15, -0.1) is 0 Å². The molecule has 14 heavy (non-hydrogen) atoms. The second kappa shape index (κ2) is 5.66. The van der Waals surface area contributed by atoms with Gasteiger partial charge in [0.1, 0.15) is 12.8 Å².